The van der Waals surface area contributed by atoms with Crippen LogP contribution in [0.5, 0.6) is 0 Å². The molecule has 1 fully saturated rings. The normalized spacial score (nSPS) is 27.1. The van der Waals surface area contributed by atoms with E-state index in [1.807, 2.05) is 0 Å². The van der Waals surface area contributed by atoms with Gasteiger partial charge in [0.2, 0.25) is 0 Å². The van der Waals surface area contributed by atoms with Gasteiger partial charge in [-0.25, -0.2) is 0 Å². The lowest BCUT2D eigenvalue weighted by molar-refractivity contribution is 0.0834. The summed E-state index contributed by atoms with van der Waals surface area (Å²) in [5.41, 5.74) is 8.69. The highest BCUT2D eigenvalue weighted by molar-refractivity contribution is 5.24. The van der Waals surface area contributed by atoms with Gasteiger partial charge in [0.1, 0.15) is 0 Å². The summed E-state index contributed by atoms with van der Waals surface area (Å²) in [5, 5.41) is 0. The molecule has 1 saturated heterocycles. The van der Waals surface area contributed by atoms with Gasteiger partial charge >= 0.3 is 0 Å². The highest BCUT2D eigenvalue weighted by atomic mass is 15.2. The number of likely N-dealkylation sites (tertiary alicyclic amines) is 1. The number of rotatable bonds is 3. The van der Waals surface area contributed by atoms with Crippen LogP contribution >= 0.6 is 0 Å². The van der Waals surface area contributed by atoms with Crippen molar-refractivity contribution in [3.8, 4) is 0 Å². The molecule has 100 valence electrons. The lowest BCUT2D eigenvalue weighted by Crippen LogP contribution is -2.47. The Morgan fingerprint density at radius 3 is 2.61 bits per heavy atom. The van der Waals surface area contributed by atoms with E-state index in [9.17, 15) is 0 Å². The lowest BCUT2D eigenvalue weighted by atomic mass is 9.90. The van der Waals surface area contributed by atoms with E-state index < -0.39 is 0 Å². The molecule has 0 saturated carbocycles. The van der Waals surface area contributed by atoms with Gasteiger partial charge in [0, 0.05) is 18.6 Å². The van der Waals surface area contributed by atoms with E-state index in [-0.39, 0.29) is 0 Å². The average Bonchev–Trinajstić information content (AvgIpc) is 2.38. The van der Waals surface area contributed by atoms with Crippen molar-refractivity contribution in [1.82, 2.24) is 4.90 Å². The second kappa shape index (κ2) is 5.85. The van der Waals surface area contributed by atoms with Gasteiger partial charge in [-0.15, -0.1) is 0 Å². The molecule has 1 aliphatic rings. The van der Waals surface area contributed by atoms with Crippen LogP contribution in [0.2, 0.25) is 0 Å². The maximum Gasteiger partial charge on any atom is 0.0323 e. The molecule has 2 heteroatoms. The molecule has 1 aliphatic heterocycles. The number of nitrogens with two attached hydrogens (primary N) is 1. The number of piperidine rings is 1. The summed E-state index contributed by atoms with van der Waals surface area (Å²) >= 11 is 0. The van der Waals surface area contributed by atoms with Crippen molar-refractivity contribution in [3.63, 3.8) is 0 Å². The lowest BCUT2D eigenvalue weighted by Gasteiger charge is -2.42. The second-order valence-electron chi connectivity index (χ2n) is 5.84. The molecule has 0 spiro atoms. The fourth-order valence-corrected chi connectivity index (χ4v) is 3.05. The summed E-state index contributed by atoms with van der Waals surface area (Å²) in [6, 6.07) is 9.94. The Bertz CT molecular complexity index is 371. The van der Waals surface area contributed by atoms with Crippen LogP contribution in [0.4, 0.5) is 0 Å². The number of aryl methyl sites for hydroxylation is 1. The van der Waals surface area contributed by atoms with Crippen LogP contribution in [0.3, 0.4) is 0 Å². The molecule has 0 aromatic heterocycles. The molecule has 3 unspecified atom stereocenters. The Hall–Kier alpha value is -0.860. The second-order valence-corrected chi connectivity index (χ2v) is 5.84. The first-order chi connectivity index (χ1) is 8.61. The fourth-order valence-electron chi connectivity index (χ4n) is 3.05. The smallest absolute Gasteiger partial charge is 0.0323 e. The van der Waals surface area contributed by atoms with Gasteiger partial charge < -0.3 is 5.73 Å². The van der Waals surface area contributed by atoms with E-state index in [1.165, 1.54) is 30.5 Å². The predicted octanol–water partition coefficient (Wildman–Crippen LogP) is 3.12. The Kier molecular flexibility index (Phi) is 4.41. The van der Waals surface area contributed by atoms with E-state index >= 15 is 0 Å². The number of hydrogen-bond acceptors (Lipinski definition) is 2. The first kappa shape index (κ1) is 13.6. The van der Waals surface area contributed by atoms with Gasteiger partial charge in [0.25, 0.3) is 0 Å². The van der Waals surface area contributed by atoms with E-state index in [0.717, 1.165) is 12.5 Å². The zero-order chi connectivity index (χ0) is 13.1. The maximum atomic E-state index is 5.95. The van der Waals surface area contributed by atoms with Gasteiger partial charge in [0.15, 0.2) is 0 Å². The van der Waals surface area contributed by atoms with Gasteiger partial charge in [-0.05, 0) is 44.7 Å². The fraction of sp³-hybridized carbons (Fsp3) is 0.625. The van der Waals surface area contributed by atoms with Crippen molar-refractivity contribution in [2.45, 2.75) is 45.7 Å². The van der Waals surface area contributed by atoms with Gasteiger partial charge in [-0.3, -0.25) is 4.90 Å². The zero-order valence-corrected chi connectivity index (χ0v) is 11.9. The van der Waals surface area contributed by atoms with Crippen molar-refractivity contribution in [2.24, 2.45) is 11.7 Å². The standard InChI is InChI=1S/C16H26N2/c1-12-4-6-15(7-5-12)14(3)18-9-8-13(2)10-16(18)11-17/h4-7,13-14,16H,8-11,17H2,1-3H3. The molecule has 1 aromatic carbocycles. The summed E-state index contributed by atoms with van der Waals surface area (Å²) in [5.74, 6) is 0.819. The number of hydrogen-bond donors (Lipinski definition) is 1. The highest BCUT2D eigenvalue weighted by Crippen LogP contribution is 2.30. The van der Waals surface area contributed by atoms with Crippen LogP contribution in [-0.4, -0.2) is 24.0 Å². The molecule has 0 aliphatic carbocycles. The number of nitrogens with zero attached hydrogens (tertiary/aromatic N) is 1. The van der Waals surface area contributed by atoms with Crippen LogP contribution in [0.25, 0.3) is 0 Å². The van der Waals surface area contributed by atoms with Crippen LogP contribution in [-0.2, 0) is 0 Å². The minimum absolute atomic E-state index is 0.478. The van der Waals surface area contributed by atoms with Crippen molar-refractivity contribution in [1.29, 1.82) is 0 Å². The summed E-state index contributed by atoms with van der Waals surface area (Å²) in [4.78, 5) is 2.59. The number of benzene rings is 1. The zero-order valence-electron chi connectivity index (χ0n) is 11.9. The van der Waals surface area contributed by atoms with Gasteiger partial charge in [-0.1, -0.05) is 36.8 Å². The van der Waals surface area contributed by atoms with Crippen LogP contribution in [0, 0.1) is 12.8 Å². The van der Waals surface area contributed by atoms with Crippen molar-refractivity contribution in [3.05, 3.63) is 35.4 Å². The third kappa shape index (κ3) is 2.93. The topological polar surface area (TPSA) is 29.3 Å². The molecule has 1 aromatic rings. The summed E-state index contributed by atoms with van der Waals surface area (Å²) in [7, 11) is 0. The van der Waals surface area contributed by atoms with E-state index in [1.54, 1.807) is 0 Å². The Morgan fingerprint density at radius 1 is 1.33 bits per heavy atom. The average molecular weight is 246 g/mol. The minimum atomic E-state index is 0.478. The first-order valence-corrected chi connectivity index (χ1v) is 7.14. The first-order valence-electron chi connectivity index (χ1n) is 7.14. The third-order valence-corrected chi connectivity index (χ3v) is 4.35. The van der Waals surface area contributed by atoms with Crippen LogP contribution in [0.15, 0.2) is 24.3 Å². The van der Waals surface area contributed by atoms with Crippen molar-refractivity contribution in [2.75, 3.05) is 13.1 Å². The maximum absolute atomic E-state index is 5.95. The Balaban J connectivity index is 2.11. The molecular weight excluding hydrogens is 220 g/mol. The van der Waals surface area contributed by atoms with E-state index in [0.29, 0.717) is 12.1 Å². The van der Waals surface area contributed by atoms with E-state index in [4.69, 9.17) is 5.73 Å². The minimum Gasteiger partial charge on any atom is -0.329 e. The molecule has 0 radical (unpaired) electrons. The molecule has 2 rings (SSSR count). The van der Waals surface area contributed by atoms with Crippen LogP contribution in [0.1, 0.15) is 43.9 Å². The quantitative estimate of drug-likeness (QED) is 0.888. The van der Waals surface area contributed by atoms with Crippen molar-refractivity contribution < 1.29 is 0 Å². The molecular formula is C16H26N2. The summed E-state index contributed by atoms with van der Waals surface area (Å²) < 4.78 is 0. The van der Waals surface area contributed by atoms with Crippen LogP contribution < -0.4 is 5.73 Å². The van der Waals surface area contributed by atoms with Gasteiger partial charge in [-0.2, -0.15) is 0 Å². The molecule has 18 heavy (non-hydrogen) atoms. The highest BCUT2D eigenvalue weighted by Gasteiger charge is 2.29. The molecule has 0 amide bonds. The third-order valence-electron chi connectivity index (χ3n) is 4.35. The Labute approximate surface area is 111 Å². The predicted molar refractivity (Wildman–Crippen MR) is 77.5 cm³/mol. The molecule has 2 nitrogen and oxygen atoms in total. The molecule has 0 bridgehead atoms. The summed E-state index contributed by atoms with van der Waals surface area (Å²) in [6.07, 6.45) is 2.54. The Morgan fingerprint density at radius 2 is 2.00 bits per heavy atom. The monoisotopic (exact) mass is 246 g/mol. The largest absolute Gasteiger partial charge is 0.329 e. The SMILES string of the molecule is Cc1ccc(C(C)N2CCC(C)CC2CN)cc1. The van der Waals surface area contributed by atoms with E-state index in [2.05, 4.69) is 49.9 Å². The van der Waals surface area contributed by atoms with Crippen molar-refractivity contribution >= 4 is 0 Å². The van der Waals surface area contributed by atoms with Gasteiger partial charge in [0.05, 0.1) is 0 Å². The molecule has 2 N–H and O–H groups in total. The molecule has 1 heterocycles. The molecule has 3 atom stereocenters. The summed E-state index contributed by atoms with van der Waals surface area (Å²) in [6.45, 7) is 8.75.